The van der Waals surface area contributed by atoms with Gasteiger partial charge in [0.25, 0.3) is 0 Å². The maximum absolute atomic E-state index is 13.0. The fraction of sp³-hybridized carbons (Fsp3) is 0.455. The zero-order valence-electron chi connectivity index (χ0n) is 9.22. The van der Waals surface area contributed by atoms with Crippen molar-refractivity contribution >= 4 is 23.0 Å². The fourth-order valence-electron chi connectivity index (χ4n) is 1.31. The largest absolute Gasteiger partial charge is 0.397 e. The average molecular weight is 247 g/mol. The predicted molar refractivity (Wildman–Crippen MR) is 65.4 cm³/mol. The molecule has 0 atom stereocenters. The molecule has 1 rings (SSSR count). The van der Waals surface area contributed by atoms with Crippen molar-refractivity contribution in [3.63, 3.8) is 0 Å². The van der Waals surface area contributed by atoms with Crippen LogP contribution in [0.5, 0.6) is 0 Å². The van der Waals surface area contributed by atoms with E-state index in [2.05, 4.69) is 5.32 Å². The molecular weight excluding hydrogens is 231 g/mol. The monoisotopic (exact) mass is 246 g/mol. The molecule has 0 amide bonds. The van der Waals surface area contributed by atoms with Gasteiger partial charge in [0.1, 0.15) is 5.82 Å². The molecule has 1 aromatic rings. The molecule has 0 saturated heterocycles. The van der Waals surface area contributed by atoms with Crippen LogP contribution in [0.1, 0.15) is 12.8 Å². The molecule has 0 aliphatic heterocycles. The highest BCUT2D eigenvalue weighted by atomic mass is 35.5. The molecule has 0 radical (unpaired) electrons. The standard InChI is InChI=1S/C11H16ClFN2O/c1-16-5-3-2-4-15-11-6-8(12)9(13)7-10(11)14/h6-7,15H,2-5,14H2,1H3. The van der Waals surface area contributed by atoms with Crippen LogP contribution in [-0.2, 0) is 4.74 Å². The number of methoxy groups -OCH3 is 1. The van der Waals surface area contributed by atoms with E-state index in [0.29, 0.717) is 11.4 Å². The average Bonchev–Trinajstić information content (AvgIpc) is 2.25. The Morgan fingerprint density at radius 3 is 2.88 bits per heavy atom. The Bertz CT molecular complexity index is 347. The Balaban J connectivity index is 2.45. The molecule has 0 heterocycles. The van der Waals surface area contributed by atoms with Gasteiger partial charge in [-0.05, 0) is 18.9 Å². The molecule has 0 fully saturated rings. The van der Waals surface area contributed by atoms with E-state index in [-0.39, 0.29) is 5.02 Å². The number of benzene rings is 1. The molecule has 16 heavy (non-hydrogen) atoms. The smallest absolute Gasteiger partial charge is 0.143 e. The zero-order valence-corrected chi connectivity index (χ0v) is 9.98. The van der Waals surface area contributed by atoms with Crippen LogP contribution in [0.4, 0.5) is 15.8 Å². The number of hydrogen-bond donors (Lipinski definition) is 2. The lowest BCUT2D eigenvalue weighted by Crippen LogP contribution is -2.05. The molecule has 0 spiro atoms. The third-order valence-electron chi connectivity index (χ3n) is 2.18. The SMILES string of the molecule is COCCCCNc1cc(Cl)c(F)cc1N. The van der Waals surface area contributed by atoms with Crippen LogP contribution in [0, 0.1) is 5.82 Å². The third kappa shape index (κ3) is 3.87. The Hall–Kier alpha value is -1.00. The van der Waals surface area contributed by atoms with Crippen molar-refractivity contribution in [2.75, 3.05) is 31.3 Å². The van der Waals surface area contributed by atoms with Crippen LogP contribution in [0.3, 0.4) is 0 Å². The Kier molecular flexibility index (Phi) is 5.35. The van der Waals surface area contributed by atoms with Crippen molar-refractivity contribution in [2.45, 2.75) is 12.8 Å². The van der Waals surface area contributed by atoms with Crippen LogP contribution in [-0.4, -0.2) is 20.3 Å². The lowest BCUT2D eigenvalue weighted by atomic mass is 10.2. The van der Waals surface area contributed by atoms with Gasteiger partial charge >= 0.3 is 0 Å². The minimum atomic E-state index is -0.496. The van der Waals surface area contributed by atoms with Crippen molar-refractivity contribution in [1.82, 2.24) is 0 Å². The van der Waals surface area contributed by atoms with E-state index >= 15 is 0 Å². The number of nitrogens with one attached hydrogen (secondary N) is 1. The highest BCUT2D eigenvalue weighted by molar-refractivity contribution is 6.31. The van der Waals surface area contributed by atoms with E-state index in [1.807, 2.05) is 0 Å². The summed E-state index contributed by atoms with van der Waals surface area (Å²) in [5.74, 6) is -0.496. The maximum atomic E-state index is 13.0. The summed E-state index contributed by atoms with van der Waals surface area (Å²) in [6.07, 6.45) is 1.93. The van der Waals surface area contributed by atoms with E-state index in [0.717, 1.165) is 26.0 Å². The summed E-state index contributed by atoms with van der Waals surface area (Å²) in [5.41, 5.74) is 6.68. The number of nitrogen functional groups attached to an aromatic ring is 1. The Morgan fingerprint density at radius 2 is 2.19 bits per heavy atom. The fourth-order valence-corrected chi connectivity index (χ4v) is 1.47. The van der Waals surface area contributed by atoms with Crippen LogP contribution in [0.2, 0.25) is 5.02 Å². The van der Waals surface area contributed by atoms with E-state index in [1.165, 1.54) is 12.1 Å². The summed E-state index contributed by atoms with van der Waals surface area (Å²) < 4.78 is 17.9. The van der Waals surface area contributed by atoms with Gasteiger partial charge in [0.2, 0.25) is 0 Å². The second kappa shape index (κ2) is 6.55. The Morgan fingerprint density at radius 1 is 1.44 bits per heavy atom. The van der Waals surface area contributed by atoms with Crippen molar-refractivity contribution in [3.8, 4) is 0 Å². The van der Waals surface area contributed by atoms with E-state index < -0.39 is 5.82 Å². The van der Waals surface area contributed by atoms with Crippen LogP contribution >= 0.6 is 11.6 Å². The summed E-state index contributed by atoms with van der Waals surface area (Å²) in [5, 5.41) is 3.19. The summed E-state index contributed by atoms with van der Waals surface area (Å²) in [4.78, 5) is 0. The number of rotatable bonds is 6. The maximum Gasteiger partial charge on any atom is 0.143 e. The molecule has 1 aromatic carbocycles. The number of hydrogen-bond acceptors (Lipinski definition) is 3. The quantitative estimate of drug-likeness (QED) is 0.599. The number of halogens is 2. The zero-order chi connectivity index (χ0) is 12.0. The lowest BCUT2D eigenvalue weighted by molar-refractivity contribution is 0.194. The summed E-state index contributed by atoms with van der Waals surface area (Å²) in [6.45, 7) is 1.50. The minimum absolute atomic E-state index is 0.0774. The van der Waals surface area contributed by atoms with Gasteiger partial charge in [-0.1, -0.05) is 11.6 Å². The first kappa shape index (κ1) is 13.1. The first-order chi connectivity index (χ1) is 7.65. The topological polar surface area (TPSA) is 47.3 Å². The molecule has 90 valence electrons. The van der Waals surface area contributed by atoms with Gasteiger partial charge in [-0.25, -0.2) is 4.39 Å². The number of unbranched alkanes of at least 4 members (excludes halogenated alkanes) is 1. The van der Waals surface area contributed by atoms with Crippen LogP contribution < -0.4 is 11.1 Å². The van der Waals surface area contributed by atoms with Crippen molar-refractivity contribution in [1.29, 1.82) is 0 Å². The first-order valence-electron chi connectivity index (χ1n) is 5.12. The van der Waals surface area contributed by atoms with Gasteiger partial charge in [0, 0.05) is 26.3 Å². The molecule has 0 aliphatic rings. The lowest BCUT2D eigenvalue weighted by Gasteiger charge is -2.10. The van der Waals surface area contributed by atoms with Crippen molar-refractivity contribution < 1.29 is 9.13 Å². The molecule has 0 unspecified atom stereocenters. The molecule has 0 aliphatic carbocycles. The van der Waals surface area contributed by atoms with Crippen LogP contribution in [0.25, 0.3) is 0 Å². The van der Waals surface area contributed by atoms with Crippen molar-refractivity contribution in [3.05, 3.63) is 23.0 Å². The number of nitrogens with two attached hydrogens (primary N) is 1. The summed E-state index contributed by atoms with van der Waals surface area (Å²) in [7, 11) is 1.67. The second-order valence-corrected chi connectivity index (χ2v) is 3.89. The second-order valence-electron chi connectivity index (χ2n) is 3.48. The normalized spacial score (nSPS) is 10.4. The molecule has 3 N–H and O–H groups in total. The van der Waals surface area contributed by atoms with E-state index in [9.17, 15) is 4.39 Å². The van der Waals surface area contributed by atoms with E-state index in [1.54, 1.807) is 7.11 Å². The minimum Gasteiger partial charge on any atom is -0.397 e. The molecular formula is C11H16ClFN2O. The molecule has 0 aromatic heterocycles. The van der Waals surface area contributed by atoms with Gasteiger partial charge in [-0.15, -0.1) is 0 Å². The van der Waals surface area contributed by atoms with E-state index in [4.69, 9.17) is 22.1 Å². The highest BCUT2D eigenvalue weighted by Gasteiger charge is 2.05. The van der Waals surface area contributed by atoms with Crippen LogP contribution in [0.15, 0.2) is 12.1 Å². The van der Waals surface area contributed by atoms with Gasteiger partial charge in [0.05, 0.1) is 16.4 Å². The van der Waals surface area contributed by atoms with Gasteiger partial charge in [-0.3, -0.25) is 0 Å². The summed E-state index contributed by atoms with van der Waals surface area (Å²) in [6, 6.07) is 2.72. The van der Waals surface area contributed by atoms with Gasteiger partial charge < -0.3 is 15.8 Å². The van der Waals surface area contributed by atoms with Gasteiger partial charge in [-0.2, -0.15) is 0 Å². The van der Waals surface area contributed by atoms with Crippen molar-refractivity contribution in [2.24, 2.45) is 0 Å². The molecule has 0 saturated carbocycles. The predicted octanol–water partition coefficient (Wildman–Crippen LogP) is 2.90. The summed E-state index contributed by atoms with van der Waals surface area (Å²) >= 11 is 5.66. The molecule has 5 heteroatoms. The number of ether oxygens (including phenoxy) is 1. The molecule has 3 nitrogen and oxygen atoms in total. The first-order valence-corrected chi connectivity index (χ1v) is 5.50. The van der Waals surface area contributed by atoms with Gasteiger partial charge in [0.15, 0.2) is 0 Å². The number of anilines is 2. The third-order valence-corrected chi connectivity index (χ3v) is 2.47. The highest BCUT2D eigenvalue weighted by Crippen LogP contribution is 2.26. The molecule has 0 bridgehead atoms. The Labute approximate surface area is 99.7 Å².